The van der Waals surface area contributed by atoms with Gasteiger partial charge in [-0.25, -0.2) is 17.5 Å². The molecular weight excluding hydrogens is 245 g/mol. The zero-order chi connectivity index (χ0) is 13.1. The molecule has 0 amide bonds. The first-order valence-electron chi connectivity index (χ1n) is 5.02. The molecule has 0 atom stereocenters. The van der Waals surface area contributed by atoms with Gasteiger partial charge in [0.2, 0.25) is 10.0 Å². The first-order valence-corrected chi connectivity index (χ1v) is 6.50. The summed E-state index contributed by atoms with van der Waals surface area (Å²) in [5.41, 5.74) is 5.47. The summed E-state index contributed by atoms with van der Waals surface area (Å²) in [5, 5.41) is 0. The van der Waals surface area contributed by atoms with Crippen molar-refractivity contribution in [2.45, 2.75) is 4.90 Å². The number of hydrogen-bond acceptors (Lipinski definition) is 4. The van der Waals surface area contributed by atoms with E-state index in [1.807, 2.05) is 19.0 Å². The Morgan fingerprint density at radius 1 is 1.35 bits per heavy atom. The van der Waals surface area contributed by atoms with Crippen molar-refractivity contribution in [3.63, 3.8) is 0 Å². The maximum Gasteiger partial charge on any atom is 0.240 e. The molecule has 0 radical (unpaired) electrons. The van der Waals surface area contributed by atoms with E-state index in [9.17, 15) is 12.8 Å². The molecule has 0 heterocycles. The van der Waals surface area contributed by atoms with E-state index >= 15 is 0 Å². The van der Waals surface area contributed by atoms with E-state index in [-0.39, 0.29) is 17.1 Å². The molecule has 0 aromatic heterocycles. The maximum atomic E-state index is 13.0. The Hall–Kier alpha value is -1.18. The molecule has 3 N–H and O–H groups in total. The zero-order valence-electron chi connectivity index (χ0n) is 9.77. The summed E-state index contributed by atoms with van der Waals surface area (Å²) in [6.07, 6.45) is 0. The quantitative estimate of drug-likeness (QED) is 0.745. The zero-order valence-corrected chi connectivity index (χ0v) is 10.6. The van der Waals surface area contributed by atoms with Crippen LogP contribution in [0.1, 0.15) is 0 Å². The summed E-state index contributed by atoms with van der Waals surface area (Å²) in [6, 6.07) is 3.23. The van der Waals surface area contributed by atoms with Gasteiger partial charge < -0.3 is 10.6 Å². The number of nitrogen functional groups attached to an aromatic ring is 1. The van der Waals surface area contributed by atoms with Gasteiger partial charge in [-0.3, -0.25) is 0 Å². The minimum atomic E-state index is -3.70. The lowest BCUT2D eigenvalue weighted by Gasteiger charge is -2.11. The standard InChI is InChI=1S/C10H16FN3O2S/c1-14(2)4-3-13-17(15,16)10-6-8(11)5-9(12)7-10/h5-7,13H,3-4,12H2,1-2H3. The lowest BCUT2D eigenvalue weighted by atomic mass is 10.3. The number of nitrogens with two attached hydrogens (primary N) is 1. The average molecular weight is 261 g/mol. The van der Waals surface area contributed by atoms with Gasteiger partial charge in [0.15, 0.2) is 0 Å². The molecule has 0 aliphatic rings. The Balaban J connectivity index is 2.82. The smallest absolute Gasteiger partial charge is 0.240 e. The highest BCUT2D eigenvalue weighted by Crippen LogP contribution is 2.15. The molecule has 0 aliphatic heterocycles. The molecular formula is C10H16FN3O2S. The fourth-order valence-electron chi connectivity index (χ4n) is 1.23. The summed E-state index contributed by atoms with van der Waals surface area (Å²) >= 11 is 0. The summed E-state index contributed by atoms with van der Waals surface area (Å²) < 4.78 is 38.9. The van der Waals surface area contributed by atoms with Gasteiger partial charge in [-0.2, -0.15) is 0 Å². The number of rotatable bonds is 5. The Morgan fingerprint density at radius 3 is 2.53 bits per heavy atom. The van der Waals surface area contributed by atoms with Crippen LogP contribution in [0.2, 0.25) is 0 Å². The fraction of sp³-hybridized carbons (Fsp3) is 0.400. The molecule has 96 valence electrons. The highest BCUT2D eigenvalue weighted by molar-refractivity contribution is 7.89. The van der Waals surface area contributed by atoms with Crippen LogP contribution in [-0.4, -0.2) is 40.5 Å². The molecule has 1 aromatic rings. The van der Waals surface area contributed by atoms with Crippen LogP contribution in [0.5, 0.6) is 0 Å². The Morgan fingerprint density at radius 2 is 2.00 bits per heavy atom. The van der Waals surface area contributed by atoms with Crippen LogP contribution in [-0.2, 0) is 10.0 Å². The minimum Gasteiger partial charge on any atom is -0.399 e. The predicted octanol–water partition coefficient (Wildman–Crippen LogP) is 0.248. The maximum absolute atomic E-state index is 13.0. The number of sulfonamides is 1. The SMILES string of the molecule is CN(C)CCNS(=O)(=O)c1cc(N)cc(F)c1. The average Bonchev–Trinajstić information content (AvgIpc) is 2.14. The van der Waals surface area contributed by atoms with Gasteiger partial charge in [-0.05, 0) is 32.3 Å². The van der Waals surface area contributed by atoms with Crippen LogP contribution < -0.4 is 10.5 Å². The summed E-state index contributed by atoms with van der Waals surface area (Å²) in [6.45, 7) is 0.815. The summed E-state index contributed by atoms with van der Waals surface area (Å²) in [4.78, 5) is 1.68. The molecule has 17 heavy (non-hydrogen) atoms. The van der Waals surface area contributed by atoms with E-state index in [1.165, 1.54) is 6.07 Å². The number of anilines is 1. The molecule has 0 aliphatic carbocycles. The fourth-order valence-corrected chi connectivity index (χ4v) is 2.31. The number of hydrogen-bond donors (Lipinski definition) is 2. The Labute approximate surface area is 100 Å². The Bertz CT molecular complexity index is 468. The molecule has 0 saturated heterocycles. The van der Waals surface area contributed by atoms with Crippen LogP contribution in [0.15, 0.2) is 23.1 Å². The minimum absolute atomic E-state index is 0.0815. The molecule has 5 nitrogen and oxygen atoms in total. The molecule has 1 rings (SSSR count). The second kappa shape index (κ2) is 5.44. The van der Waals surface area contributed by atoms with Crippen molar-refractivity contribution in [2.24, 2.45) is 0 Å². The van der Waals surface area contributed by atoms with Gasteiger partial charge in [0.05, 0.1) is 4.90 Å². The van der Waals surface area contributed by atoms with Gasteiger partial charge in [-0.1, -0.05) is 0 Å². The van der Waals surface area contributed by atoms with Crippen LogP contribution in [0.3, 0.4) is 0 Å². The van der Waals surface area contributed by atoms with Gasteiger partial charge in [0, 0.05) is 18.8 Å². The highest BCUT2D eigenvalue weighted by atomic mass is 32.2. The van der Waals surface area contributed by atoms with Gasteiger partial charge in [0.1, 0.15) is 5.82 Å². The van der Waals surface area contributed by atoms with E-state index in [0.29, 0.717) is 6.54 Å². The third-order valence-electron chi connectivity index (χ3n) is 2.06. The number of likely N-dealkylation sites (N-methyl/N-ethyl adjacent to an activating group) is 1. The summed E-state index contributed by atoms with van der Waals surface area (Å²) in [7, 11) is -0.0419. The highest BCUT2D eigenvalue weighted by Gasteiger charge is 2.15. The van der Waals surface area contributed by atoms with E-state index in [4.69, 9.17) is 5.73 Å². The van der Waals surface area contributed by atoms with Crippen molar-refractivity contribution >= 4 is 15.7 Å². The second-order valence-corrected chi connectivity index (χ2v) is 5.69. The first kappa shape index (κ1) is 13.9. The van der Waals surface area contributed by atoms with Gasteiger partial charge in [0.25, 0.3) is 0 Å². The number of nitrogens with one attached hydrogen (secondary N) is 1. The van der Waals surface area contributed by atoms with Crippen LogP contribution >= 0.6 is 0 Å². The van der Waals surface area contributed by atoms with Gasteiger partial charge >= 0.3 is 0 Å². The number of nitrogens with zero attached hydrogens (tertiary/aromatic N) is 1. The van der Waals surface area contributed by atoms with E-state index in [1.54, 1.807) is 0 Å². The van der Waals surface area contributed by atoms with E-state index < -0.39 is 15.8 Å². The third kappa shape index (κ3) is 4.29. The van der Waals surface area contributed by atoms with Crippen molar-refractivity contribution < 1.29 is 12.8 Å². The van der Waals surface area contributed by atoms with Crippen molar-refractivity contribution in [1.29, 1.82) is 0 Å². The van der Waals surface area contributed by atoms with Crippen LogP contribution in [0.25, 0.3) is 0 Å². The topological polar surface area (TPSA) is 75.4 Å². The normalized spacial score (nSPS) is 12.0. The largest absolute Gasteiger partial charge is 0.399 e. The number of benzene rings is 1. The van der Waals surface area contributed by atoms with Crippen molar-refractivity contribution in [2.75, 3.05) is 32.9 Å². The van der Waals surface area contributed by atoms with Crippen LogP contribution in [0, 0.1) is 5.82 Å². The lowest BCUT2D eigenvalue weighted by molar-refractivity contribution is 0.412. The molecule has 7 heteroatoms. The van der Waals surface area contributed by atoms with E-state index in [2.05, 4.69) is 4.72 Å². The third-order valence-corrected chi connectivity index (χ3v) is 3.50. The molecule has 1 aromatic carbocycles. The van der Waals surface area contributed by atoms with Crippen molar-refractivity contribution in [3.8, 4) is 0 Å². The number of halogens is 1. The van der Waals surface area contributed by atoms with E-state index in [0.717, 1.165) is 12.1 Å². The van der Waals surface area contributed by atoms with Crippen LogP contribution in [0.4, 0.5) is 10.1 Å². The predicted molar refractivity (Wildman–Crippen MR) is 64.6 cm³/mol. The summed E-state index contributed by atoms with van der Waals surface area (Å²) in [5.74, 6) is -0.669. The monoisotopic (exact) mass is 261 g/mol. The second-order valence-electron chi connectivity index (χ2n) is 3.92. The first-order chi connectivity index (χ1) is 7.81. The molecule has 0 bridgehead atoms. The van der Waals surface area contributed by atoms with Crippen molar-refractivity contribution in [3.05, 3.63) is 24.0 Å². The lowest BCUT2D eigenvalue weighted by Crippen LogP contribution is -2.31. The molecule has 0 unspecified atom stereocenters. The molecule has 0 fully saturated rings. The van der Waals surface area contributed by atoms with Gasteiger partial charge in [-0.15, -0.1) is 0 Å². The molecule has 0 spiro atoms. The Kier molecular flexibility index (Phi) is 4.44. The molecule has 0 saturated carbocycles. The van der Waals surface area contributed by atoms with Crippen molar-refractivity contribution in [1.82, 2.24) is 9.62 Å².